The maximum absolute atomic E-state index is 12.7. The summed E-state index contributed by atoms with van der Waals surface area (Å²) in [6.45, 7) is 5.56. The first-order valence-electron chi connectivity index (χ1n) is 15.1. The van der Waals surface area contributed by atoms with Crippen molar-refractivity contribution in [2.45, 2.75) is 52.0 Å². The number of amides is 1. The Morgan fingerprint density at radius 3 is 2.25 bits per heavy atom. The van der Waals surface area contributed by atoms with Gasteiger partial charge in [0.15, 0.2) is 6.61 Å². The molecule has 2 aromatic rings. The summed E-state index contributed by atoms with van der Waals surface area (Å²) in [5.74, 6) is 7.89. The molecule has 0 heterocycles. The van der Waals surface area contributed by atoms with Gasteiger partial charge in [-0.2, -0.15) is 0 Å². The Labute approximate surface area is 238 Å². The van der Waals surface area contributed by atoms with Crippen molar-refractivity contribution in [2.75, 3.05) is 27.4 Å². The Balaban J connectivity index is 1.02. The largest absolute Gasteiger partial charge is 0.497 e. The topological polar surface area (TPSA) is 82.8 Å². The van der Waals surface area contributed by atoms with E-state index in [1.807, 2.05) is 42.5 Å². The van der Waals surface area contributed by atoms with E-state index < -0.39 is 0 Å². The lowest BCUT2D eigenvalue weighted by Gasteiger charge is -2.67. The van der Waals surface area contributed by atoms with Crippen LogP contribution in [0.4, 0.5) is 0 Å². The number of hydrogen-bond donors (Lipinski definition) is 2. The van der Waals surface area contributed by atoms with Crippen molar-refractivity contribution in [2.24, 2.45) is 47.2 Å². The van der Waals surface area contributed by atoms with E-state index in [1.165, 1.54) is 32.1 Å². The third-order valence-corrected chi connectivity index (χ3v) is 10.7. The molecule has 3 fully saturated rings. The van der Waals surface area contributed by atoms with Crippen LogP contribution in [0.15, 0.2) is 53.6 Å². The number of carbonyl (C=O) groups excluding carboxylic acids is 1. The summed E-state index contributed by atoms with van der Waals surface area (Å²) in [5, 5.41) is 3.18. The third-order valence-electron chi connectivity index (χ3n) is 10.7. The van der Waals surface area contributed by atoms with Crippen LogP contribution in [0.5, 0.6) is 17.2 Å². The van der Waals surface area contributed by atoms with E-state index in [0.29, 0.717) is 18.0 Å². The van der Waals surface area contributed by atoms with Crippen molar-refractivity contribution < 1.29 is 19.0 Å². The lowest BCUT2D eigenvalue weighted by molar-refractivity contribution is -0.123. The van der Waals surface area contributed by atoms with Crippen molar-refractivity contribution in [3.63, 3.8) is 0 Å². The highest BCUT2D eigenvalue weighted by Crippen LogP contribution is 2.70. The zero-order chi connectivity index (χ0) is 28.0. The zero-order valence-electron chi connectivity index (χ0n) is 24.3. The highest BCUT2D eigenvalue weighted by Gasteiger charge is 2.63. The minimum absolute atomic E-state index is 0.0104. The fourth-order valence-corrected chi connectivity index (χ4v) is 8.07. The fourth-order valence-electron chi connectivity index (χ4n) is 8.07. The molecule has 1 amide bonds. The Bertz CT molecular complexity index is 1270. The molecular formula is C34H44N2O4. The standard InChI is InChI=1S/C34H44N2O4/c1-19-5-11-24(19)20(2)15-28-29(33-26-14-13-25(26)32(28)33)17-36-31(37)18-40-22-8-6-21(7-9-22)34(35)27-12-10-23(38-3)16-30(27)39-4/h6-10,12,16,19-20,24-26,32-34H,5,11,13-15,17-18,35H2,1-4H3,(H,36,37). The fraction of sp³-hybridized carbons (Fsp3) is 0.559. The molecule has 40 heavy (non-hydrogen) atoms. The first kappa shape index (κ1) is 27.2. The van der Waals surface area contributed by atoms with Crippen molar-refractivity contribution in [1.82, 2.24) is 5.32 Å². The van der Waals surface area contributed by atoms with Crippen molar-refractivity contribution in [3.05, 3.63) is 64.7 Å². The number of rotatable bonds is 12. The number of carbonyl (C=O) groups is 1. The summed E-state index contributed by atoms with van der Waals surface area (Å²) < 4.78 is 16.6. The molecule has 8 atom stereocenters. The lowest BCUT2D eigenvalue weighted by atomic mass is 9.37. The van der Waals surface area contributed by atoms with Gasteiger partial charge in [0, 0.05) is 18.2 Å². The van der Waals surface area contributed by atoms with Crippen LogP contribution >= 0.6 is 0 Å². The molecule has 6 heteroatoms. The van der Waals surface area contributed by atoms with Crippen LogP contribution in [0.25, 0.3) is 0 Å². The van der Waals surface area contributed by atoms with Crippen LogP contribution in [-0.2, 0) is 4.79 Å². The van der Waals surface area contributed by atoms with Gasteiger partial charge in [0.25, 0.3) is 5.91 Å². The smallest absolute Gasteiger partial charge is 0.258 e. The molecule has 6 nitrogen and oxygen atoms in total. The van der Waals surface area contributed by atoms with Gasteiger partial charge in [0.05, 0.1) is 20.3 Å². The van der Waals surface area contributed by atoms with Gasteiger partial charge < -0.3 is 25.3 Å². The van der Waals surface area contributed by atoms with E-state index in [4.69, 9.17) is 19.9 Å². The van der Waals surface area contributed by atoms with Crippen LogP contribution in [0.1, 0.15) is 63.1 Å². The molecule has 8 unspecified atom stereocenters. The number of nitrogens with two attached hydrogens (primary N) is 1. The molecule has 0 spiro atoms. The van der Waals surface area contributed by atoms with Gasteiger partial charge >= 0.3 is 0 Å². The monoisotopic (exact) mass is 544 g/mol. The normalized spacial score (nSPS) is 29.3. The molecule has 0 radical (unpaired) electrons. The number of methoxy groups -OCH3 is 2. The summed E-state index contributed by atoms with van der Waals surface area (Å²) in [7, 11) is 3.25. The molecule has 3 saturated carbocycles. The minimum atomic E-state index is -0.357. The number of nitrogens with one attached hydrogen (secondary N) is 1. The van der Waals surface area contributed by atoms with Crippen molar-refractivity contribution in [1.29, 1.82) is 0 Å². The highest BCUT2D eigenvalue weighted by molar-refractivity contribution is 5.78. The van der Waals surface area contributed by atoms with E-state index in [2.05, 4.69) is 19.2 Å². The van der Waals surface area contributed by atoms with Gasteiger partial charge in [0.1, 0.15) is 17.2 Å². The SMILES string of the molecule is COc1ccc(C(N)c2ccc(OCC(=O)NCC3=C(CC(C)C4CCC4C)C4C5CCC5C34)cc2)c(OC)c1. The first-order valence-corrected chi connectivity index (χ1v) is 15.1. The van der Waals surface area contributed by atoms with Gasteiger partial charge in [-0.3, -0.25) is 4.79 Å². The molecule has 0 aliphatic heterocycles. The molecule has 2 aromatic carbocycles. The van der Waals surface area contributed by atoms with Gasteiger partial charge in [-0.05, 0) is 103 Å². The zero-order valence-corrected chi connectivity index (χ0v) is 24.3. The van der Waals surface area contributed by atoms with Crippen LogP contribution in [0.3, 0.4) is 0 Å². The predicted molar refractivity (Wildman–Crippen MR) is 156 cm³/mol. The van der Waals surface area contributed by atoms with Gasteiger partial charge in [-0.15, -0.1) is 0 Å². The molecule has 4 aliphatic carbocycles. The molecule has 4 aliphatic rings. The number of benzene rings is 2. The van der Waals surface area contributed by atoms with Gasteiger partial charge in [-0.25, -0.2) is 0 Å². The Kier molecular flexibility index (Phi) is 7.56. The summed E-state index contributed by atoms with van der Waals surface area (Å²) in [4.78, 5) is 12.7. The Morgan fingerprint density at radius 2 is 1.65 bits per heavy atom. The number of allylic oxidation sites excluding steroid dienone is 1. The molecule has 214 valence electrons. The molecule has 0 bridgehead atoms. The summed E-state index contributed by atoms with van der Waals surface area (Å²) in [6.07, 6.45) is 6.80. The van der Waals surface area contributed by atoms with E-state index in [9.17, 15) is 4.79 Å². The Morgan fingerprint density at radius 1 is 0.950 bits per heavy atom. The lowest BCUT2D eigenvalue weighted by Crippen LogP contribution is -2.61. The summed E-state index contributed by atoms with van der Waals surface area (Å²) in [5.41, 5.74) is 11.6. The average molecular weight is 545 g/mol. The van der Waals surface area contributed by atoms with Crippen molar-refractivity contribution in [3.8, 4) is 17.2 Å². The maximum Gasteiger partial charge on any atom is 0.258 e. The second-order valence-corrected chi connectivity index (χ2v) is 12.6. The van der Waals surface area contributed by atoms with E-state index in [-0.39, 0.29) is 18.6 Å². The Hall–Kier alpha value is -2.99. The second kappa shape index (κ2) is 11.1. The molecule has 0 saturated heterocycles. The van der Waals surface area contributed by atoms with Crippen molar-refractivity contribution >= 4 is 5.91 Å². The summed E-state index contributed by atoms with van der Waals surface area (Å²) >= 11 is 0. The summed E-state index contributed by atoms with van der Waals surface area (Å²) in [6, 6.07) is 12.9. The quantitative estimate of drug-likeness (QED) is 0.325. The predicted octanol–water partition coefficient (Wildman–Crippen LogP) is 5.90. The number of fused-ring (bicyclic) bond motifs is 4. The molecular weight excluding hydrogens is 500 g/mol. The second-order valence-electron chi connectivity index (χ2n) is 12.6. The number of hydrogen-bond acceptors (Lipinski definition) is 5. The van der Waals surface area contributed by atoms with Crippen LogP contribution in [0.2, 0.25) is 0 Å². The van der Waals surface area contributed by atoms with E-state index in [0.717, 1.165) is 58.3 Å². The molecule has 3 N–H and O–H groups in total. The first-order chi connectivity index (χ1) is 19.4. The third kappa shape index (κ3) is 4.78. The average Bonchev–Trinajstić information content (AvgIpc) is 2.95. The van der Waals surface area contributed by atoms with Crippen LogP contribution < -0.4 is 25.3 Å². The van der Waals surface area contributed by atoms with E-state index in [1.54, 1.807) is 25.4 Å². The number of ether oxygens (including phenoxy) is 3. The highest BCUT2D eigenvalue weighted by atomic mass is 16.5. The van der Waals surface area contributed by atoms with Gasteiger partial charge in [0.2, 0.25) is 0 Å². The maximum atomic E-state index is 12.7. The van der Waals surface area contributed by atoms with Gasteiger partial charge in [-0.1, -0.05) is 38.0 Å². The van der Waals surface area contributed by atoms with E-state index >= 15 is 0 Å². The van der Waals surface area contributed by atoms with Crippen LogP contribution in [0, 0.1) is 41.4 Å². The molecule has 0 aromatic heterocycles. The minimum Gasteiger partial charge on any atom is -0.497 e. The van der Waals surface area contributed by atoms with Crippen LogP contribution in [-0.4, -0.2) is 33.3 Å². The molecule has 6 rings (SSSR count).